The zero-order chi connectivity index (χ0) is 20.1. The molecule has 0 saturated carbocycles. The monoisotopic (exact) mass is 391 g/mol. The summed E-state index contributed by atoms with van der Waals surface area (Å²) >= 11 is 0. The number of methoxy groups -OCH3 is 3. The van der Waals surface area contributed by atoms with Gasteiger partial charge in [0.25, 0.3) is 5.91 Å². The molecule has 1 aromatic carbocycles. The van der Waals surface area contributed by atoms with Crippen LogP contribution in [0.25, 0.3) is 0 Å². The molecule has 1 saturated heterocycles. The molecular weight excluding hydrogens is 369 g/mol. The van der Waals surface area contributed by atoms with Crippen molar-refractivity contribution in [3.8, 4) is 23.3 Å². The zero-order valence-corrected chi connectivity index (χ0v) is 16.0. The van der Waals surface area contributed by atoms with E-state index in [-0.39, 0.29) is 18.0 Å². The summed E-state index contributed by atoms with van der Waals surface area (Å²) in [6, 6.07) is 3.40. The van der Waals surface area contributed by atoms with Crippen LogP contribution in [0.4, 0.5) is 4.39 Å². The first kappa shape index (κ1) is 19.7. The lowest BCUT2D eigenvalue weighted by molar-refractivity contribution is 0.0512. The van der Waals surface area contributed by atoms with Crippen LogP contribution >= 0.6 is 0 Å². The van der Waals surface area contributed by atoms with Gasteiger partial charge in [0, 0.05) is 6.54 Å². The maximum atomic E-state index is 13.1. The van der Waals surface area contributed by atoms with Crippen molar-refractivity contribution in [3.05, 3.63) is 35.9 Å². The maximum Gasteiger partial charge on any atom is 0.316 e. The van der Waals surface area contributed by atoms with Crippen molar-refractivity contribution >= 4 is 5.91 Å². The lowest BCUT2D eigenvalue weighted by Gasteiger charge is -2.32. The normalized spacial score (nSPS) is 16.4. The molecule has 3 rings (SSSR count). The van der Waals surface area contributed by atoms with Crippen molar-refractivity contribution in [2.45, 2.75) is 18.9 Å². The second-order valence-electron chi connectivity index (χ2n) is 6.20. The third kappa shape index (κ3) is 4.08. The Kier molecular flexibility index (Phi) is 6.13. The van der Waals surface area contributed by atoms with E-state index in [9.17, 15) is 9.18 Å². The van der Waals surface area contributed by atoms with Crippen LogP contribution < -0.4 is 18.9 Å². The molecule has 28 heavy (non-hydrogen) atoms. The van der Waals surface area contributed by atoms with Crippen molar-refractivity contribution in [1.29, 1.82) is 0 Å². The minimum absolute atomic E-state index is 0.0874. The molecule has 1 aromatic heterocycles. The molecule has 9 heteroatoms. The van der Waals surface area contributed by atoms with Gasteiger partial charge in [-0.3, -0.25) is 4.79 Å². The number of benzene rings is 1. The highest BCUT2D eigenvalue weighted by Crippen LogP contribution is 2.40. The number of ether oxygens (including phenoxy) is 4. The predicted octanol–water partition coefficient (Wildman–Crippen LogP) is 2.33. The van der Waals surface area contributed by atoms with Gasteiger partial charge in [0.2, 0.25) is 5.75 Å². The van der Waals surface area contributed by atoms with Crippen LogP contribution in [0.15, 0.2) is 24.5 Å². The summed E-state index contributed by atoms with van der Waals surface area (Å²) in [6.07, 6.45) is 3.31. The third-order valence-corrected chi connectivity index (χ3v) is 4.47. The molecule has 0 spiro atoms. The van der Waals surface area contributed by atoms with Crippen molar-refractivity contribution in [2.75, 3.05) is 34.4 Å². The van der Waals surface area contributed by atoms with Gasteiger partial charge in [0.05, 0.1) is 45.8 Å². The molecule has 0 radical (unpaired) electrons. The minimum atomic E-state index is -0.534. The van der Waals surface area contributed by atoms with Gasteiger partial charge in [0.15, 0.2) is 17.3 Å². The van der Waals surface area contributed by atoms with Crippen molar-refractivity contribution in [1.82, 2.24) is 14.9 Å². The topological polar surface area (TPSA) is 83.0 Å². The highest BCUT2D eigenvalue weighted by Gasteiger charge is 2.29. The number of aromatic nitrogens is 2. The highest BCUT2D eigenvalue weighted by atomic mass is 19.1. The molecule has 8 nitrogen and oxygen atoms in total. The average molecular weight is 391 g/mol. The van der Waals surface area contributed by atoms with Crippen LogP contribution in [0.5, 0.6) is 23.3 Å². The molecule has 1 atom stereocenters. The van der Waals surface area contributed by atoms with Gasteiger partial charge >= 0.3 is 6.01 Å². The lowest BCUT2D eigenvalue weighted by atomic mass is 10.1. The molecule has 2 aromatic rings. The smallest absolute Gasteiger partial charge is 0.316 e. The largest absolute Gasteiger partial charge is 0.493 e. The van der Waals surface area contributed by atoms with E-state index in [1.165, 1.54) is 21.3 Å². The summed E-state index contributed by atoms with van der Waals surface area (Å²) in [5.74, 6) is 0.417. The molecule has 1 unspecified atom stereocenters. The Morgan fingerprint density at radius 3 is 2.46 bits per heavy atom. The third-order valence-electron chi connectivity index (χ3n) is 4.47. The van der Waals surface area contributed by atoms with E-state index in [4.69, 9.17) is 18.9 Å². The average Bonchev–Trinajstić information content (AvgIpc) is 2.73. The first-order chi connectivity index (χ1) is 13.6. The zero-order valence-electron chi connectivity index (χ0n) is 16.0. The number of nitrogens with zero attached hydrogens (tertiary/aromatic N) is 3. The summed E-state index contributed by atoms with van der Waals surface area (Å²) in [7, 11) is 4.48. The summed E-state index contributed by atoms with van der Waals surface area (Å²) < 4.78 is 34.7. The standard InChI is InChI=1S/C19H22FN3O5/c1-25-15-7-6-14(16(26-2)17(15)27-3)18(24)23-8-4-5-13(11-23)28-19-21-9-12(20)10-22-19/h6-7,9-10,13H,4-5,8,11H2,1-3H3. The quantitative estimate of drug-likeness (QED) is 0.747. The lowest BCUT2D eigenvalue weighted by Crippen LogP contribution is -2.44. The Balaban J connectivity index is 1.77. The molecule has 1 amide bonds. The van der Waals surface area contributed by atoms with Crippen molar-refractivity contribution < 1.29 is 28.1 Å². The number of likely N-dealkylation sites (tertiary alicyclic amines) is 1. The summed E-state index contributed by atoms with van der Waals surface area (Å²) in [5, 5.41) is 0. The number of hydrogen-bond donors (Lipinski definition) is 0. The van der Waals surface area contributed by atoms with Gasteiger partial charge in [-0.2, -0.15) is 0 Å². The number of carbonyl (C=O) groups is 1. The van der Waals surface area contributed by atoms with E-state index in [0.29, 0.717) is 35.9 Å². The van der Waals surface area contributed by atoms with Crippen LogP contribution in [0.3, 0.4) is 0 Å². The molecule has 0 N–H and O–H groups in total. The fourth-order valence-electron chi connectivity index (χ4n) is 3.17. The number of carbonyl (C=O) groups excluding carboxylic acids is 1. The Labute approximate surface area is 162 Å². The Hall–Kier alpha value is -3.10. The van der Waals surface area contributed by atoms with Crippen molar-refractivity contribution in [3.63, 3.8) is 0 Å². The first-order valence-corrected chi connectivity index (χ1v) is 8.79. The molecule has 0 bridgehead atoms. The van der Waals surface area contributed by atoms with Gasteiger partial charge in [-0.15, -0.1) is 0 Å². The Bertz CT molecular complexity index is 831. The second kappa shape index (κ2) is 8.73. The number of amides is 1. The molecule has 1 aliphatic rings. The van der Waals surface area contributed by atoms with Crippen LogP contribution in [-0.4, -0.2) is 61.3 Å². The van der Waals surface area contributed by atoms with Gasteiger partial charge < -0.3 is 23.8 Å². The van der Waals surface area contributed by atoms with Gasteiger partial charge in [-0.25, -0.2) is 14.4 Å². The number of halogens is 1. The number of hydrogen-bond acceptors (Lipinski definition) is 7. The Morgan fingerprint density at radius 1 is 1.11 bits per heavy atom. The molecule has 0 aliphatic carbocycles. The summed E-state index contributed by atoms with van der Waals surface area (Å²) in [6.45, 7) is 0.942. The molecule has 2 heterocycles. The first-order valence-electron chi connectivity index (χ1n) is 8.79. The minimum Gasteiger partial charge on any atom is -0.493 e. The van der Waals surface area contributed by atoms with E-state index in [1.54, 1.807) is 17.0 Å². The Morgan fingerprint density at radius 2 is 1.82 bits per heavy atom. The van der Waals surface area contributed by atoms with E-state index < -0.39 is 5.82 Å². The van der Waals surface area contributed by atoms with Gasteiger partial charge in [0.1, 0.15) is 6.10 Å². The molecule has 150 valence electrons. The van der Waals surface area contributed by atoms with Gasteiger partial charge in [-0.1, -0.05) is 0 Å². The van der Waals surface area contributed by atoms with E-state index >= 15 is 0 Å². The number of rotatable bonds is 6. The molecule has 1 fully saturated rings. The van der Waals surface area contributed by atoms with Crippen LogP contribution in [0.2, 0.25) is 0 Å². The predicted molar refractivity (Wildman–Crippen MR) is 97.6 cm³/mol. The SMILES string of the molecule is COc1ccc(C(=O)N2CCCC(Oc3ncc(F)cn3)C2)c(OC)c1OC. The summed E-state index contributed by atoms with van der Waals surface area (Å²) in [4.78, 5) is 22.4. The van der Waals surface area contributed by atoms with Gasteiger partial charge in [-0.05, 0) is 25.0 Å². The van der Waals surface area contributed by atoms with Crippen LogP contribution in [-0.2, 0) is 0 Å². The van der Waals surface area contributed by atoms with E-state index in [0.717, 1.165) is 25.2 Å². The summed E-state index contributed by atoms with van der Waals surface area (Å²) in [5.41, 5.74) is 0.374. The second-order valence-corrected chi connectivity index (χ2v) is 6.20. The number of piperidine rings is 1. The fourth-order valence-corrected chi connectivity index (χ4v) is 3.17. The van der Waals surface area contributed by atoms with E-state index in [1.807, 2.05) is 0 Å². The molecule has 1 aliphatic heterocycles. The van der Waals surface area contributed by atoms with Crippen LogP contribution in [0, 0.1) is 5.82 Å². The molecular formula is C19H22FN3O5. The maximum absolute atomic E-state index is 13.1. The fraction of sp³-hybridized carbons (Fsp3) is 0.421. The van der Waals surface area contributed by atoms with E-state index in [2.05, 4.69) is 9.97 Å². The van der Waals surface area contributed by atoms with Crippen molar-refractivity contribution in [2.24, 2.45) is 0 Å². The highest BCUT2D eigenvalue weighted by molar-refractivity contribution is 5.98. The van der Waals surface area contributed by atoms with Crippen LogP contribution in [0.1, 0.15) is 23.2 Å².